The molecule has 0 saturated carbocycles. The van der Waals surface area contributed by atoms with E-state index in [2.05, 4.69) is 0 Å². The summed E-state index contributed by atoms with van der Waals surface area (Å²) in [4.78, 5) is 0. The van der Waals surface area contributed by atoms with Crippen LogP contribution in [0.25, 0.3) is 11.1 Å². The van der Waals surface area contributed by atoms with Crippen LogP contribution in [0.15, 0.2) is 48.5 Å². The molecule has 0 aromatic heterocycles. The summed E-state index contributed by atoms with van der Waals surface area (Å²) in [6.45, 7) is 1.98. The van der Waals surface area contributed by atoms with Gasteiger partial charge < -0.3 is 0 Å². The van der Waals surface area contributed by atoms with Crippen LogP contribution in [0.5, 0.6) is 0 Å². The molecule has 0 spiro atoms. The van der Waals surface area contributed by atoms with E-state index in [1.165, 1.54) is 6.07 Å². The molecule has 2 rings (SSSR count). The van der Waals surface area contributed by atoms with E-state index in [1.807, 2.05) is 43.7 Å². The zero-order chi connectivity index (χ0) is 10.7. The standard InChI is InChI=1S/C14H12F/c1-2-11-7-9-12(10-8-11)13-5-3-4-6-14(13)15/h2-10H,1H3. The predicted octanol–water partition coefficient (Wildman–Crippen LogP) is 4.06. The zero-order valence-corrected chi connectivity index (χ0v) is 8.57. The molecule has 0 unspecified atom stereocenters. The first kappa shape index (κ1) is 9.91. The van der Waals surface area contributed by atoms with Gasteiger partial charge in [-0.25, -0.2) is 4.39 Å². The van der Waals surface area contributed by atoms with E-state index in [0.717, 1.165) is 11.1 Å². The normalized spacial score (nSPS) is 10.3. The average Bonchev–Trinajstić information content (AvgIpc) is 2.30. The number of benzene rings is 2. The molecule has 15 heavy (non-hydrogen) atoms. The summed E-state index contributed by atoms with van der Waals surface area (Å²) < 4.78 is 13.4. The topological polar surface area (TPSA) is 0 Å². The molecule has 0 bridgehead atoms. The van der Waals surface area contributed by atoms with Gasteiger partial charge in [-0.15, -0.1) is 0 Å². The lowest BCUT2D eigenvalue weighted by Crippen LogP contribution is -1.84. The molecule has 0 N–H and O–H groups in total. The van der Waals surface area contributed by atoms with Gasteiger partial charge in [-0.05, 0) is 23.6 Å². The molecule has 0 aliphatic heterocycles. The summed E-state index contributed by atoms with van der Waals surface area (Å²) >= 11 is 0. The average molecular weight is 199 g/mol. The van der Waals surface area contributed by atoms with E-state index in [1.54, 1.807) is 12.1 Å². The molecule has 0 aliphatic rings. The summed E-state index contributed by atoms with van der Waals surface area (Å²) in [5, 5.41) is 0. The maximum atomic E-state index is 13.4. The van der Waals surface area contributed by atoms with Crippen molar-refractivity contribution in [1.29, 1.82) is 0 Å². The molecule has 0 fully saturated rings. The SMILES string of the molecule is C[CH]c1ccc(-c2ccccc2F)cc1. The Kier molecular flexibility index (Phi) is 2.82. The Morgan fingerprint density at radius 2 is 1.60 bits per heavy atom. The van der Waals surface area contributed by atoms with E-state index in [0.29, 0.717) is 5.56 Å². The van der Waals surface area contributed by atoms with Crippen molar-refractivity contribution in [2.24, 2.45) is 0 Å². The number of halogens is 1. The molecule has 0 atom stereocenters. The molecule has 0 nitrogen and oxygen atoms in total. The van der Waals surface area contributed by atoms with Crippen molar-refractivity contribution in [3.05, 3.63) is 66.3 Å². The molecule has 2 aromatic rings. The molecule has 0 aliphatic carbocycles. The predicted molar refractivity (Wildman–Crippen MR) is 60.9 cm³/mol. The van der Waals surface area contributed by atoms with Gasteiger partial charge in [-0.1, -0.05) is 49.4 Å². The van der Waals surface area contributed by atoms with Crippen LogP contribution in [0, 0.1) is 12.2 Å². The minimum absolute atomic E-state index is 0.175. The highest BCUT2D eigenvalue weighted by Gasteiger charge is 2.02. The van der Waals surface area contributed by atoms with Crippen LogP contribution in [0.3, 0.4) is 0 Å². The van der Waals surface area contributed by atoms with Gasteiger partial charge in [0.25, 0.3) is 0 Å². The van der Waals surface area contributed by atoms with Crippen LogP contribution in [0.4, 0.5) is 4.39 Å². The fourth-order valence-electron chi connectivity index (χ4n) is 1.55. The van der Waals surface area contributed by atoms with Gasteiger partial charge in [0.05, 0.1) is 0 Å². The lowest BCUT2D eigenvalue weighted by atomic mass is 10.0. The van der Waals surface area contributed by atoms with Gasteiger partial charge in [0.15, 0.2) is 0 Å². The van der Waals surface area contributed by atoms with Crippen molar-refractivity contribution in [3.8, 4) is 11.1 Å². The van der Waals surface area contributed by atoms with Crippen molar-refractivity contribution in [1.82, 2.24) is 0 Å². The highest BCUT2D eigenvalue weighted by molar-refractivity contribution is 5.64. The smallest absolute Gasteiger partial charge is 0.131 e. The summed E-state index contributed by atoms with van der Waals surface area (Å²) in [7, 11) is 0. The van der Waals surface area contributed by atoms with Crippen LogP contribution in [0.1, 0.15) is 12.5 Å². The number of hydrogen-bond acceptors (Lipinski definition) is 0. The molecule has 0 amide bonds. The second kappa shape index (κ2) is 4.26. The molecular weight excluding hydrogens is 187 g/mol. The van der Waals surface area contributed by atoms with Crippen LogP contribution in [-0.2, 0) is 0 Å². The molecular formula is C14H12F. The van der Waals surface area contributed by atoms with Crippen LogP contribution in [0.2, 0.25) is 0 Å². The minimum Gasteiger partial charge on any atom is -0.206 e. The monoisotopic (exact) mass is 199 g/mol. The van der Waals surface area contributed by atoms with E-state index in [4.69, 9.17) is 0 Å². The summed E-state index contributed by atoms with van der Waals surface area (Å²) in [5.41, 5.74) is 2.72. The van der Waals surface area contributed by atoms with Crippen molar-refractivity contribution >= 4 is 0 Å². The summed E-state index contributed by atoms with van der Waals surface area (Å²) in [5.74, 6) is -0.175. The molecule has 0 saturated heterocycles. The number of rotatable bonds is 2. The quantitative estimate of drug-likeness (QED) is 0.684. The third-order valence-corrected chi connectivity index (χ3v) is 2.43. The first-order valence-corrected chi connectivity index (χ1v) is 4.95. The van der Waals surface area contributed by atoms with Crippen LogP contribution < -0.4 is 0 Å². The van der Waals surface area contributed by atoms with Gasteiger partial charge in [0, 0.05) is 5.56 Å². The largest absolute Gasteiger partial charge is 0.206 e. The molecule has 1 radical (unpaired) electrons. The third-order valence-electron chi connectivity index (χ3n) is 2.43. The van der Waals surface area contributed by atoms with Crippen LogP contribution in [-0.4, -0.2) is 0 Å². The minimum atomic E-state index is -0.175. The van der Waals surface area contributed by atoms with Crippen LogP contribution >= 0.6 is 0 Å². The van der Waals surface area contributed by atoms with E-state index >= 15 is 0 Å². The lowest BCUT2D eigenvalue weighted by molar-refractivity contribution is 0.631. The zero-order valence-electron chi connectivity index (χ0n) is 8.57. The highest BCUT2D eigenvalue weighted by Crippen LogP contribution is 2.22. The maximum Gasteiger partial charge on any atom is 0.131 e. The van der Waals surface area contributed by atoms with E-state index in [-0.39, 0.29) is 5.82 Å². The first-order chi connectivity index (χ1) is 7.31. The first-order valence-electron chi connectivity index (χ1n) is 4.95. The Bertz CT molecular complexity index is 443. The Morgan fingerprint density at radius 1 is 0.933 bits per heavy atom. The van der Waals surface area contributed by atoms with Crippen molar-refractivity contribution < 1.29 is 4.39 Å². The second-order valence-electron chi connectivity index (χ2n) is 3.39. The third kappa shape index (κ3) is 2.07. The van der Waals surface area contributed by atoms with Crippen molar-refractivity contribution in [2.45, 2.75) is 6.92 Å². The molecule has 2 aromatic carbocycles. The second-order valence-corrected chi connectivity index (χ2v) is 3.39. The Morgan fingerprint density at radius 3 is 2.20 bits per heavy atom. The van der Waals surface area contributed by atoms with Gasteiger partial charge in [0.1, 0.15) is 5.82 Å². The van der Waals surface area contributed by atoms with E-state index < -0.39 is 0 Å². The maximum absolute atomic E-state index is 13.4. The Hall–Kier alpha value is -1.63. The van der Waals surface area contributed by atoms with Gasteiger partial charge in [-0.3, -0.25) is 0 Å². The van der Waals surface area contributed by atoms with Gasteiger partial charge in [-0.2, -0.15) is 0 Å². The highest BCUT2D eigenvalue weighted by atomic mass is 19.1. The number of hydrogen-bond donors (Lipinski definition) is 0. The summed E-state index contributed by atoms with van der Waals surface area (Å²) in [6, 6.07) is 14.7. The molecule has 75 valence electrons. The Balaban J connectivity index is 2.42. The van der Waals surface area contributed by atoms with Crippen molar-refractivity contribution in [3.63, 3.8) is 0 Å². The lowest BCUT2D eigenvalue weighted by Gasteiger charge is -2.03. The fraction of sp³-hybridized carbons (Fsp3) is 0.0714. The van der Waals surface area contributed by atoms with Gasteiger partial charge >= 0.3 is 0 Å². The summed E-state index contributed by atoms with van der Waals surface area (Å²) in [6.07, 6.45) is 2.02. The Labute approximate surface area is 89.4 Å². The van der Waals surface area contributed by atoms with E-state index in [9.17, 15) is 4.39 Å². The van der Waals surface area contributed by atoms with Gasteiger partial charge in [0.2, 0.25) is 0 Å². The van der Waals surface area contributed by atoms with Crippen molar-refractivity contribution in [2.75, 3.05) is 0 Å². The fourth-order valence-corrected chi connectivity index (χ4v) is 1.55. The molecule has 0 heterocycles. The molecule has 1 heteroatoms.